The molecule has 0 heterocycles. The van der Waals surface area contributed by atoms with Crippen LogP contribution in [0.1, 0.15) is 12.8 Å². The number of carboxylic acid groups (broad SMARTS) is 1. The molecule has 0 saturated carbocycles. The molecule has 0 rings (SSSR count). The Morgan fingerprint density at radius 1 is 1.44 bits per heavy atom. The van der Waals surface area contributed by atoms with Crippen molar-refractivity contribution in [2.45, 2.75) is 12.8 Å². The molecule has 0 atom stereocenters. The minimum Gasteiger partial charge on any atom is -0.480 e. The number of carbonyl (C=O) groups is 2. The molecule has 0 spiro atoms. The summed E-state index contributed by atoms with van der Waals surface area (Å²) >= 11 is 0. The van der Waals surface area contributed by atoms with E-state index in [9.17, 15) is 9.59 Å². The van der Waals surface area contributed by atoms with E-state index in [1.165, 1.54) is 13.3 Å². The molecule has 1 amide bonds. The largest absolute Gasteiger partial charge is 0.480 e. The van der Waals surface area contributed by atoms with Gasteiger partial charge in [-0.2, -0.15) is 5.10 Å². The molecular formula is C8H15N5O3. The zero-order valence-corrected chi connectivity index (χ0v) is 8.96. The average Bonchev–Trinajstić information content (AvgIpc) is 2.15. The van der Waals surface area contributed by atoms with Gasteiger partial charge in [-0.15, -0.1) is 5.10 Å². The quantitative estimate of drug-likeness (QED) is 0.291. The van der Waals surface area contributed by atoms with Gasteiger partial charge in [-0.3, -0.25) is 9.59 Å². The van der Waals surface area contributed by atoms with Gasteiger partial charge in [0.1, 0.15) is 6.54 Å². The molecule has 90 valence electrons. The first-order valence-corrected chi connectivity index (χ1v) is 4.49. The smallest absolute Gasteiger partial charge is 0.323 e. The van der Waals surface area contributed by atoms with Crippen LogP contribution in [0.25, 0.3) is 0 Å². The van der Waals surface area contributed by atoms with Crippen LogP contribution in [-0.2, 0) is 9.59 Å². The van der Waals surface area contributed by atoms with Crippen molar-refractivity contribution in [3.63, 3.8) is 0 Å². The predicted octanol–water partition coefficient (Wildman–Crippen LogP) is -1.43. The van der Waals surface area contributed by atoms with Gasteiger partial charge in [0.15, 0.2) is 0 Å². The Hall–Kier alpha value is -2.12. The molecule has 0 bridgehead atoms. The second kappa shape index (κ2) is 7.21. The highest BCUT2D eigenvalue weighted by molar-refractivity contribution is 5.82. The number of aliphatic carboxylic acids is 1. The molecule has 0 saturated heterocycles. The summed E-state index contributed by atoms with van der Waals surface area (Å²) in [5, 5.41) is 15.3. The Labute approximate surface area is 92.6 Å². The molecule has 16 heavy (non-hydrogen) atoms. The monoisotopic (exact) mass is 229 g/mol. The van der Waals surface area contributed by atoms with Crippen LogP contribution in [-0.4, -0.2) is 47.6 Å². The van der Waals surface area contributed by atoms with E-state index in [0.29, 0.717) is 6.42 Å². The Balaban J connectivity index is 3.85. The number of hydrogen-bond donors (Lipinski definition) is 3. The SMILES string of the molecule is CN(CC(=O)O)C(=O)CCC=NN=C(N)N. The minimum atomic E-state index is -1.05. The summed E-state index contributed by atoms with van der Waals surface area (Å²) in [6.07, 6.45) is 1.89. The van der Waals surface area contributed by atoms with Gasteiger partial charge in [0.2, 0.25) is 11.9 Å². The van der Waals surface area contributed by atoms with Crippen molar-refractivity contribution in [1.29, 1.82) is 0 Å². The van der Waals surface area contributed by atoms with Crippen molar-refractivity contribution in [1.82, 2.24) is 4.90 Å². The van der Waals surface area contributed by atoms with E-state index in [-0.39, 0.29) is 24.8 Å². The molecule has 8 heteroatoms. The number of amides is 1. The van der Waals surface area contributed by atoms with Crippen LogP contribution in [0.3, 0.4) is 0 Å². The highest BCUT2D eigenvalue weighted by Gasteiger charge is 2.10. The molecule has 0 aliphatic carbocycles. The summed E-state index contributed by atoms with van der Waals surface area (Å²) in [6, 6.07) is 0. The van der Waals surface area contributed by atoms with Gasteiger partial charge >= 0.3 is 5.97 Å². The lowest BCUT2D eigenvalue weighted by Crippen LogP contribution is -2.31. The summed E-state index contributed by atoms with van der Waals surface area (Å²) in [6.45, 7) is -0.316. The van der Waals surface area contributed by atoms with Crippen LogP contribution in [0.5, 0.6) is 0 Å². The molecule has 0 aromatic carbocycles. The van der Waals surface area contributed by atoms with E-state index in [4.69, 9.17) is 16.6 Å². The number of guanidine groups is 1. The van der Waals surface area contributed by atoms with Gasteiger partial charge in [-0.05, 0) is 6.42 Å². The van der Waals surface area contributed by atoms with Gasteiger partial charge in [0.05, 0.1) is 0 Å². The van der Waals surface area contributed by atoms with Crippen molar-refractivity contribution in [3.8, 4) is 0 Å². The number of hydrogen-bond acceptors (Lipinski definition) is 4. The Kier molecular flexibility index (Phi) is 6.25. The third-order valence-electron chi connectivity index (χ3n) is 1.54. The van der Waals surface area contributed by atoms with Gasteiger partial charge in [0.25, 0.3) is 0 Å². The first kappa shape index (κ1) is 13.9. The van der Waals surface area contributed by atoms with Crippen LogP contribution < -0.4 is 11.5 Å². The van der Waals surface area contributed by atoms with Crippen LogP contribution >= 0.6 is 0 Å². The van der Waals surface area contributed by atoms with E-state index in [1.54, 1.807) is 0 Å². The fourth-order valence-corrected chi connectivity index (χ4v) is 0.835. The number of likely N-dealkylation sites (N-methyl/N-ethyl adjacent to an activating group) is 1. The second-order valence-electron chi connectivity index (χ2n) is 3.01. The second-order valence-corrected chi connectivity index (χ2v) is 3.01. The third kappa shape index (κ3) is 7.30. The third-order valence-corrected chi connectivity index (χ3v) is 1.54. The maximum absolute atomic E-state index is 11.3. The van der Waals surface area contributed by atoms with Gasteiger partial charge in [-0.25, -0.2) is 0 Å². The molecular weight excluding hydrogens is 214 g/mol. The lowest BCUT2D eigenvalue weighted by atomic mass is 10.3. The maximum Gasteiger partial charge on any atom is 0.323 e. The van der Waals surface area contributed by atoms with Gasteiger partial charge in [0, 0.05) is 19.7 Å². The maximum atomic E-state index is 11.3. The molecule has 8 nitrogen and oxygen atoms in total. The van der Waals surface area contributed by atoms with E-state index in [0.717, 1.165) is 4.90 Å². The molecule has 0 aliphatic heterocycles. The number of nitrogens with zero attached hydrogens (tertiary/aromatic N) is 3. The lowest BCUT2D eigenvalue weighted by molar-refractivity contribution is -0.143. The van der Waals surface area contributed by atoms with Gasteiger partial charge in [-0.1, -0.05) is 0 Å². The average molecular weight is 229 g/mol. The summed E-state index contributed by atoms with van der Waals surface area (Å²) in [7, 11) is 1.42. The first-order valence-electron chi connectivity index (χ1n) is 4.49. The minimum absolute atomic E-state index is 0.160. The first-order chi connectivity index (χ1) is 7.43. The number of carbonyl (C=O) groups excluding carboxylic acids is 1. The molecule has 0 fully saturated rings. The van der Waals surface area contributed by atoms with Crippen LogP contribution in [0.15, 0.2) is 10.2 Å². The molecule has 0 unspecified atom stereocenters. The highest BCUT2D eigenvalue weighted by atomic mass is 16.4. The van der Waals surface area contributed by atoms with E-state index in [2.05, 4.69) is 10.2 Å². The number of rotatable bonds is 6. The predicted molar refractivity (Wildman–Crippen MR) is 58.8 cm³/mol. The van der Waals surface area contributed by atoms with Crippen molar-refractivity contribution < 1.29 is 14.7 Å². The summed E-state index contributed by atoms with van der Waals surface area (Å²) in [4.78, 5) is 22.7. The zero-order chi connectivity index (χ0) is 12.6. The van der Waals surface area contributed by atoms with Crippen LogP contribution in [0.2, 0.25) is 0 Å². The van der Waals surface area contributed by atoms with E-state index < -0.39 is 5.97 Å². The molecule has 5 N–H and O–H groups in total. The highest BCUT2D eigenvalue weighted by Crippen LogP contribution is 1.93. The topological polar surface area (TPSA) is 134 Å². The van der Waals surface area contributed by atoms with Crippen molar-refractivity contribution in [2.24, 2.45) is 21.7 Å². The Bertz CT molecular complexity index is 309. The fourth-order valence-electron chi connectivity index (χ4n) is 0.835. The van der Waals surface area contributed by atoms with Crippen molar-refractivity contribution >= 4 is 24.1 Å². The Morgan fingerprint density at radius 3 is 2.56 bits per heavy atom. The van der Waals surface area contributed by atoms with Crippen molar-refractivity contribution in [3.05, 3.63) is 0 Å². The molecule has 0 radical (unpaired) electrons. The number of carboxylic acids is 1. The van der Waals surface area contributed by atoms with E-state index in [1.807, 2.05) is 0 Å². The molecule has 0 aliphatic rings. The lowest BCUT2D eigenvalue weighted by Gasteiger charge is -2.13. The number of nitrogens with two attached hydrogens (primary N) is 2. The standard InChI is InChI=1S/C8H15N5O3/c1-13(5-7(15)16)6(14)3-2-4-11-12-8(9)10/h4H,2-3,5H2,1H3,(H,15,16)(H4,9,10,12). The molecule has 0 aromatic heterocycles. The zero-order valence-electron chi connectivity index (χ0n) is 8.96. The van der Waals surface area contributed by atoms with Crippen molar-refractivity contribution in [2.75, 3.05) is 13.6 Å². The summed E-state index contributed by atoms with van der Waals surface area (Å²) in [5.74, 6) is -1.49. The molecule has 0 aromatic rings. The fraction of sp³-hybridized carbons (Fsp3) is 0.500. The van der Waals surface area contributed by atoms with Crippen LogP contribution in [0.4, 0.5) is 0 Å². The Morgan fingerprint density at radius 2 is 2.06 bits per heavy atom. The van der Waals surface area contributed by atoms with Gasteiger partial charge < -0.3 is 21.5 Å². The summed E-state index contributed by atoms with van der Waals surface area (Å²) in [5.41, 5.74) is 10.0. The summed E-state index contributed by atoms with van der Waals surface area (Å²) < 4.78 is 0. The normalized spacial score (nSPS) is 10.1. The van der Waals surface area contributed by atoms with E-state index >= 15 is 0 Å². The van der Waals surface area contributed by atoms with Crippen LogP contribution in [0, 0.1) is 0 Å².